The fourth-order valence-electron chi connectivity index (χ4n) is 5.95. The van der Waals surface area contributed by atoms with Crippen LogP contribution < -0.4 is 20.7 Å². The fraction of sp³-hybridized carbons (Fsp3) is 0.552. The van der Waals surface area contributed by atoms with Gasteiger partial charge in [0.2, 0.25) is 0 Å². The van der Waals surface area contributed by atoms with Gasteiger partial charge in [0.25, 0.3) is 0 Å². The highest BCUT2D eigenvalue weighted by atomic mass is 35.5. The van der Waals surface area contributed by atoms with Gasteiger partial charge in [0.15, 0.2) is 11.6 Å². The quantitative estimate of drug-likeness (QED) is 0.366. The van der Waals surface area contributed by atoms with Crippen LogP contribution >= 0.6 is 11.6 Å². The summed E-state index contributed by atoms with van der Waals surface area (Å²) in [5.41, 5.74) is 9.12. The van der Waals surface area contributed by atoms with E-state index >= 15 is 0 Å². The molecule has 1 aromatic carbocycles. The molecule has 4 heterocycles. The van der Waals surface area contributed by atoms with E-state index in [9.17, 15) is 9.90 Å². The third-order valence-corrected chi connectivity index (χ3v) is 8.45. The Labute approximate surface area is 240 Å². The Morgan fingerprint density at radius 2 is 2.05 bits per heavy atom. The molecular formula is C29H39ClN6O4. The van der Waals surface area contributed by atoms with Gasteiger partial charge in [-0.1, -0.05) is 11.6 Å². The number of benzene rings is 1. The van der Waals surface area contributed by atoms with E-state index in [2.05, 4.69) is 15.1 Å². The van der Waals surface area contributed by atoms with Gasteiger partial charge in [0.05, 0.1) is 35.5 Å². The van der Waals surface area contributed by atoms with Crippen LogP contribution in [0.25, 0.3) is 17.0 Å². The molecule has 0 bridgehead atoms. The number of anilines is 1. The van der Waals surface area contributed by atoms with Gasteiger partial charge in [-0.3, -0.25) is 9.69 Å². The number of ketones is 1. The van der Waals surface area contributed by atoms with E-state index in [0.29, 0.717) is 51.7 Å². The lowest BCUT2D eigenvalue weighted by molar-refractivity contribution is -0.111. The average molecular weight is 571 g/mol. The molecular weight excluding hydrogens is 532 g/mol. The minimum absolute atomic E-state index is 0.122. The van der Waals surface area contributed by atoms with Crippen molar-refractivity contribution in [2.75, 3.05) is 64.5 Å². The number of rotatable bonds is 10. The summed E-state index contributed by atoms with van der Waals surface area (Å²) in [6.07, 6.45) is 0.491. The van der Waals surface area contributed by atoms with E-state index in [1.165, 1.54) is 6.92 Å². The summed E-state index contributed by atoms with van der Waals surface area (Å²) < 4.78 is 11.2. The predicted molar refractivity (Wildman–Crippen MR) is 156 cm³/mol. The number of likely N-dealkylation sites (tertiary alicyclic amines) is 1. The Morgan fingerprint density at radius 3 is 2.67 bits per heavy atom. The summed E-state index contributed by atoms with van der Waals surface area (Å²) in [7, 11) is 1.77. The van der Waals surface area contributed by atoms with Crippen LogP contribution in [0.1, 0.15) is 31.5 Å². The topological polar surface area (TPSA) is 126 Å². The van der Waals surface area contributed by atoms with Crippen molar-refractivity contribution in [1.29, 1.82) is 0 Å². The van der Waals surface area contributed by atoms with Gasteiger partial charge in [-0.25, -0.2) is 9.97 Å². The third-order valence-electron chi connectivity index (χ3n) is 8.12. The summed E-state index contributed by atoms with van der Waals surface area (Å²) in [5, 5.41) is 13.4. The second-order valence-corrected chi connectivity index (χ2v) is 11.8. The zero-order valence-electron chi connectivity index (χ0n) is 23.7. The molecule has 3 aliphatic rings. The maximum Gasteiger partial charge on any atom is 0.163 e. The second kappa shape index (κ2) is 11.6. The van der Waals surface area contributed by atoms with Gasteiger partial charge < -0.3 is 30.5 Å². The molecule has 0 radical (unpaired) electrons. The molecule has 0 aliphatic carbocycles. The predicted octanol–water partition coefficient (Wildman–Crippen LogP) is 2.25. The first kappa shape index (κ1) is 28.8. The number of nitrogens with zero attached hydrogens (tertiary/aromatic N) is 4. The van der Waals surface area contributed by atoms with E-state index in [4.69, 9.17) is 36.8 Å². The van der Waals surface area contributed by atoms with Gasteiger partial charge in [-0.2, -0.15) is 0 Å². The number of nitrogens with two attached hydrogens (primary N) is 1. The Bertz CT molecular complexity index is 1300. The monoisotopic (exact) mass is 570 g/mol. The molecule has 0 saturated carbocycles. The van der Waals surface area contributed by atoms with Gasteiger partial charge in [0, 0.05) is 48.4 Å². The van der Waals surface area contributed by atoms with Gasteiger partial charge in [-0.15, -0.1) is 0 Å². The number of Topliss-reactive ketones (excluding diaryl/α,β-unsaturated/α-hetero) is 1. The normalized spacial score (nSPS) is 20.2. The van der Waals surface area contributed by atoms with Crippen LogP contribution in [0, 0.1) is 12.3 Å². The lowest BCUT2D eigenvalue weighted by Gasteiger charge is -2.50. The van der Waals surface area contributed by atoms with Crippen molar-refractivity contribution >= 4 is 28.8 Å². The molecule has 10 nitrogen and oxygen atoms in total. The summed E-state index contributed by atoms with van der Waals surface area (Å²) in [5.74, 6) is 1.55. The fourth-order valence-corrected chi connectivity index (χ4v) is 6.15. The van der Waals surface area contributed by atoms with Crippen molar-refractivity contribution in [2.24, 2.45) is 11.1 Å². The number of carbonyl (C=O) groups is 1. The van der Waals surface area contributed by atoms with Crippen LogP contribution in [0.2, 0.25) is 5.02 Å². The first-order valence-corrected chi connectivity index (χ1v) is 14.2. The number of aromatic nitrogens is 2. The SMILES string of the molecule is CNC[C@@H](O)COc1ccc(Cl)c(-c2nc(C(C(C)=O)=C(C)N)c(C)c(N3CC4(CCN(C5COC5)C4)C3)n2)c1. The smallest absolute Gasteiger partial charge is 0.163 e. The van der Waals surface area contributed by atoms with Crippen LogP contribution in [0.3, 0.4) is 0 Å². The lowest BCUT2D eigenvalue weighted by atomic mass is 9.78. The molecule has 1 aromatic heterocycles. The van der Waals surface area contributed by atoms with E-state index < -0.39 is 6.10 Å². The Balaban J connectivity index is 1.48. The number of carbonyl (C=O) groups excluding carboxylic acids is 1. The molecule has 40 heavy (non-hydrogen) atoms. The van der Waals surface area contributed by atoms with Gasteiger partial charge >= 0.3 is 0 Å². The van der Waals surface area contributed by atoms with Crippen molar-refractivity contribution < 1.29 is 19.4 Å². The largest absolute Gasteiger partial charge is 0.491 e. The maximum atomic E-state index is 12.7. The van der Waals surface area contributed by atoms with Gasteiger partial charge in [-0.05, 0) is 59.0 Å². The molecule has 0 amide bonds. The van der Waals surface area contributed by atoms with E-state index in [0.717, 1.165) is 57.2 Å². The first-order chi connectivity index (χ1) is 19.1. The highest BCUT2D eigenvalue weighted by molar-refractivity contribution is 6.33. The number of aliphatic hydroxyl groups is 1. The van der Waals surface area contributed by atoms with Crippen molar-refractivity contribution in [3.05, 3.63) is 40.2 Å². The molecule has 0 unspecified atom stereocenters. The summed E-state index contributed by atoms with van der Waals surface area (Å²) >= 11 is 6.66. The van der Waals surface area contributed by atoms with Crippen molar-refractivity contribution in [2.45, 2.75) is 39.3 Å². The Kier molecular flexibility index (Phi) is 8.35. The first-order valence-electron chi connectivity index (χ1n) is 13.8. The molecule has 11 heteroatoms. The summed E-state index contributed by atoms with van der Waals surface area (Å²) in [4.78, 5) is 27.4. The van der Waals surface area contributed by atoms with E-state index in [1.807, 2.05) is 6.92 Å². The number of ether oxygens (including phenoxy) is 2. The van der Waals surface area contributed by atoms with E-state index in [1.54, 1.807) is 32.2 Å². The van der Waals surface area contributed by atoms with Crippen molar-refractivity contribution in [3.8, 4) is 17.1 Å². The van der Waals surface area contributed by atoms with Crippen LogP contribution in [-0.2, 0) is 9.53 Å². The lowest BCUT2D eigenvalue weighted by Crippen LogP contribution is -2.59. The second-order valence-electron chi connectivity index (χ2n) is 11.4. The minimum Gasteiger partial charge on any atom is -0.491 e. The number of allylic oxidation sites excluding steroid dienone is 2. The highest BCUT2D eigenvalue weighted by Gasteiger charge is 2.50. The van der Waals surface area contributed by atoms with Crippen LogP contribution in [0.5, 0.6) is 5.75 Å². The third kappa shape index (κ3) is 5.69. The summed E-state index contributed by atoms with van der Waals surface area (Å²) in [6, 6.07) is 5.79. The van der Waals surface area contributed by atoms with Crippen LogP contribution in [0.4, 0.5) is 5.82 Å². The maximum absolute atomic E-state index is 12.7. The molecule has 2 aromatic rings. The van der Waals surface area contributed by atoms with Crippen molar-refractivity contribution in [3.63, 3.8) is 0 Å². The molecule has 4 N–H and O–H groups in total. The molecule has 3 saturated heterocycles. The Morgan fingerprint density at radius 1 is 1.30 bits per heavy atom. The standard InChI is InChI=1S/C29H39ClN6O4/c1-17-26(25(18(2)31)19(3)37)33-27(23-9-22(5-6-24(23)30)40-13-21(38)10-32-4)34-28(17)36-15-29(16-36)7-8-35(14-29)20-11-39-12-20/h5-6,9,20-21,32,38H,7-8,10-16,31H2,1-4H3/t21-/m1/s1. The number of hydrogen-bond donors (Lipinski definition) is 3. The highest BCUT2D eigenvalue weighted by Crippen LogP contribution is 2.44. The number of likely N-dealkylation sites (N-methyl/N-ethyl adjacent to an activating group) is 1. The number of aliphatic hydroxyl groups excluding tert-OH is 1. The molecule has 3 aliphatic heterocycles. The zero-order valence-corrected chi connectivity index (χ0v) is 24.4. The zero-order chi connectivity index (χ0) is 28.6. The molecule has 5 rings (SSSR count). The molecule has 1 spiro atoms. The van der Waals surface area contributed by atoms with Crippen molar-refractivity contribution in [1.82, 2.24) is 20.2 Å². The van der Waals surface area contributed by atoms with Gasteiger partial charge in [0.1, 0.15) is 24.3 Å². The number of hydrogen-bond acceptors (Lipinski definition) is 10. The average Bonchev–Trinajstić information content (AvgIpc) is 3.28. The van der Waals surface area contributed by atoms with E-state index in [-0.39, 0.29) is 17.8 Å². The molecule has 216 valence electrons. The number of halogens is 1. The minimum atomic E-state index is -0.657. The van der Waals surface area contributed by atoms with Crippen LogP contribution in [0.15, 0.2) is 23.9 Å². The molecule has 3 fully saturated rings. The summed E-state index contributed by atoms with van der Waals surface area (Å²) in [6.45, 7) is 11.3. The Hall–Kier alpha value is -2.76. The molecule has 1 atom stereocenters. The number of nitrogens with one attached hydrogen (secondary N) is 1. The van der Waals surface area contributed by atoms with Crippen LogP contribution in [-0.4, -0.2) is 97.5 Å².